The number of hydrogen-bond acceptors (Lipinski definition) is 3. The van der Waals surface area contributed by atoms with Gasteiger partial charge in [-0.3, -0.25) is 9.79 Å². The fourth-order valence-electron chi connectivity index (χ4n) is 3.08. The summed E-state index contributed by atoms with van der Waals surface area (Å²) in [5, 5.41) is 6.64. The summed E-state index contributed by atoms with van der Waals surface area (Å²) >= 11 is 0. The van der Waals surface area contributed by atoms with Gasteiger partial charge in [-0.1, -0.05) is 61.2 Å². The third-order valence-corrected chi connectivity index (χ3v) is 4.73. The maximum absolute atomic E-state index is 11.9. The number of pyridine rings is 1. The number of para-hydroxylation sites is 1. The summed E-state index contributed by atoms with van der Waals surface area (Å²) in [6, 6.07) is 21.3. The van der Waals surface area contributed by atoms with Crippen LogP contribution in [0.2, 0.25) is 0 Å². The topological polar surface area (TPSA) is 67.7 Å². The molecule has 0 bridgehead atoms. The van der Waals surface area contributed by atoms with Gasteiger partial charge < -0.3 is 19.9 Å². The predicted octanol–water partition coefficient (Wildman–Crippen LogP) is 3.33. The molecule has 2 N–H and O–H groups in total. The van der Waals surface area contributed by atoms with Gasteiger partial charge in [0.1, 0.15) is 12.4 Å². The SMILES string of the molecule is C=CCOc1ccccc1CNC(=NC)NCc1ccc(Cn2ccccc2=O)cc1. The van der Waals surface area contributed by atoms with Gasteiger partial charge in [0.15, 0.2) is 5.96 Å². The molecule has 0 amide bonds. The molecule has 0 fully saturated rings. The molecule has 0 aliphatic carbocycles. The molecule has 0 radical (unpaired) electrons. The molecule has 1 aromatic heterocycles. The second-order valence-electron chi connectivity index (χ2n) is 6.97. The minimum Gasteiger partial charge on any atom is -0.489 e. The van der Waals surface area contributed by atoms with Crippen LogP contribution in [0.5, 0.6) is 5.75 Å². The van der Waals surface area contributed by atoms with Gasteiger partial charge in [0.05, 0.1) is 6.54 Å². The zero-order valence-electron chi connectivity index (χ0n) is 17.8. The number of hydrogen-bond donors (Lipinski definition) is 2. The zero-order valence-corrected chi connectivity index (χ0v) is 17.8. The van der Waals surface area contributed by atoms with Crippen molar-refractivity contribution in [3.8, 4) is 5.75 Å². The second kappa shape index (κ2) is 11.4. The Morgan fingerprint density at radius 1 is 1.00 bits per heavy atom. The fraction of sp³-hybridized carbons (Fsp3) is 0.200. The van der Waals surface area contributed by atoms with Crippen LogP contribution in [-0.2, 0) is 19.6 Å². The van der Waals surface area contributed by atoms with Gasteiger partial charge in [0.2, 0.25) is 0 Å². The van der Waals surface area contributed by atoms with Crippen LogP contribution < -0.4 is 20.9 Å². The van der Waals surface area contributed by atoms with Crippen molar-refractivity contribution < 1.29 is 4.74 Å². The number of ether oxygens (including phenoxy) is 1. The molecule has 6 nitrogen and oxygen atoms in total. The molecule has 3 aromatic rings. The van der Waals surface area contributed by atoms with Gasteiger partial charge >= 0.3 is 0 Å². The van der Waals surface area contributed by atoms with Crippen LogP contribution in [0.1, 0.15) is 16.7 Å². The van der Waals surface area contributed by atoms with Crippen molar-refractivity contribution in [3.63, 3.8) is 0 Å². The van der Waals surface area contributed by atoms with E-state index in [4.69, 9.17) is 4.74 Å². The van der Waals surface area contributed by atoms with E-state index in [-0.39, 0.29) is 5.56 Å². The number of aromatic nitrogens is 1. The number of nitrogens with zero attached hydrogens (tertiary/aromatic N) is 2. The highest BCUT2D eigenvalue weighted by molar-refractivity contribution is 5.79. The van der Waals surface area contributed by atoms with Crippen LogP contribution in [0.25, 0.3) is 0 Å². The van der Waals surface area contributed by atoms with Gasteiger partial charge in [-0.2, -0.15) is 0 Å². The summed E-state index contributed by atoms with van der Waals surface area (Å²) in [7, 11) is 1.75. The van der Waals surface area contributed by atoms with Crippen molar-refractivity contribution in [2.24, 2.45) is 4.99 Å². The lowest BCUT2D eigenvalue weighted by molar-refractivity contribution is 0.358. The average molecular weight is 417 g/mol. The van der Waals surface area contributed by atoms with E-state index in [0.29, 0.717) is 32.2 Å². The lowest BCUT2D eigenvalue weighted by Crippen LogP contribution is -2.36. The van der Waals surface area contributed by atoms with E-state index >= 15 is 0 Å². The minimum atomic E-state index is -0.000387. The monoisotopic (exact) mass is 416 g/mol. The van der Waals surface area contributed by atoms with Crippen LogP contribution in [0.15, 0.2) is 95.4 Å². The first-order valence-corrected chi connectivity index (χ1v) is 10.2. The van der Waals surface area contributed by atoms with Gasteiger partial charge in [0, 0.05) is 38.0 Å². The summed E-state index contributed by atoms with van der Waals surface area (Å²) in [5.74, 6) is 1.54. The molecule has 1 heterocycles. The Balaban J connectivity index is 1.52. The maximum atomic E-state index is 11.9. The Bertz CT molecular complexity index is 1070. The van der Waals surface area contributed by atoms with Crippen molar-refractivity contribution in [1.82, 2.24) is 15.2 Å². The Hall–Kier alpha value is -3.80. The number of aliphatic imine (C=N–C) groups is 1. The molecule has 0 unspecified atom stereocenters. The number of nitrogens with one attached hydrogen (secondary N) is 2. The first kappa shape index (κ1) is 21.9. The van der Waals surface area contributed by atoms with E-state index < -0.39 is 0 Å². The Kier molecular flexibility index (Phi) is 8.05. The molecule has 0 saturated heterocycles. The van der Waals surface area contributed by atoms with E-state index in [0.717, 1.165) is 22.4 Å². The smallest absolute Gasteiger partial charge is 0.250 e. The lowest BCUT2D eigenvalue weighted by atomic mass is 10.1. The molecular weight excluding hydrogens is 388 g/mol. The van der Waals surface area contributed by atoms with Crippen molar-refractivity contribution in [2.45, 2.75) is 19.6 Å². The molecule has 2 aromatic carbocycles. The van der Waals surface area contributed by atoms with Crippen LogP contribution in [0.3, 0.4) is 0 Å². The Morgan fingerprint density at radius 2 is 1.71 bits per heavy atom. The molecule has 0 saturated carbocycles. The quantitative estimate of drug-likeness (QED) is 0.319. The molecule has 6 heteroatoms. The van der Waals surface area contributed by atoms with Gasteiger partial charge in [-0.15, -0.1) is 0 Å². The van der Waals surface area contributed by atoms with Crippen LogP contribution in [0.4, 0.5) is 0 Å². The van der Waals surface area contributed by atoms with E-state index in [1.54, 1.807) is 36.0 Å². The van der Waals surface area contributed by atoms with Gasteiger partial charge in [-0.05, 0) is 23.3 Å². The largest absolute Gasteiger partial charge is 0.489 e. The minimum absolute atomic E-state index is 0.000387. The molecular formula is C25H28N4O2. The van der Waals surface area contributed by atoms with E-state index in [1.807, 2.05) is 42.5 Å². The van der Waals surface area contributed by atoms with Gasteiger partial charge in [-0.25, -0.2) is 0 Å². The van der Waals surface area contributed by atoms with Crippen LogP contribution in [0, 0.1) is 0 Å². The van der Waals surface area contributed by atoms with Crippen molar-refractivity contribution in [2.75, 3.05) is 13.7 Å². The van der Waals surface area contributed by atoms with Crippen LogP contribution in [-0.4, -0.2) is 24.2 Å². The molecule has 160 valence electrons. The fourth-order valence-corrected chi connectivity index (χ4v) is 3.08. The molecule has 0 aliphatic rings. The average Bonchev–Trinajstić information content (AvgIpc) is 2.81. The predicted molar refractivity (Wildman–Crippen MR) is 125 cm³/mol. The maximum Gasteiger partial charge on any atom is 0.250 e. The molecule has 0 spiro atoms. The lowest BCUT2D eigenvalue weighted by Gasteiger charge is -2.14. The number of rotatable bonds is 9. The van der Waals surface area contributed by atoms with E-state index in [1.165, 1.54) is 0 Å². The third kappa shape index (κ3) is 6.60. The van der Waals surface area contributed by atoms with Crippen molar-refractivity contribution in [3.05, 3.63) is 113 Å². The highest BCUT2D eigenvalue weighted by Crippen LogP contribution is 2.17. The van der Waals surface area contributed by atoms with E-state index in [2.05, 4.69) is 34.3 Å². The summed E-state index contributed by atoms with van der Waals surface area (Å²) in [6.07, 6.45) is 3.53. The number of guanidine groups is 1. The summed E-state index contributed by atoms with van der Waals surface area (Å²) in [6.45, 7) is 5.96. The zero-order chi connectivity index (χ0) is 21.9. The third-order valence-electron chi connectivity index (χ3n) is 4.73. The Labute approximate surface area is 182 Å². The van der Waals surface area contributed by atoms with Crippen LogP contribution >= 0.6 is 0 Å². The summed E-state index contributed by atoms with van der Waals surface area (Å²) < 4.78 is 7.39. The number of benzene rings is 2. The van der Waals surface area contributed by atoms with Crippen molar-refractivity contribution in [1.29, 1.82) is 0 Å². The van der Waals surface area contributed by atoms with E-state index in [9.17, 15) is 4.79 Å². The highest BCUT2D eigenvalue weighted by atomic mass is 16.5. The first-order valence-electron chi connectivity index (χ1n) is 10.2. The first-order chi connectivity index (χ1) is 15.2. The molecule has 0 aliphatic heterocycles. The summed E-state index contributed by atoms with van der Waals surface area (Å²) in [4.78, 5) is 16.2. The molecule has 3 rings (SSSR count). The highest BCUT2D eigenvalue weighted by Gasteiger charge is 2.05. The Morgan fingerprint density at radius 3 is 2.45 bits per heavy atom. The second-order valence-corrected chi connectivity index (χ2v) is 6.97. The molecule has 0 atom stereocenters. The summed E-state index contributed by atoms with van der Waals surface area (Å²) in [5.41, 5.74) is 3.25. The van der Waals surface area contributed by atoms with Crippen molar-refractivity contribution >= 4 is 5.96 Å². The molecule has 31 heavy (non-hydrogen) atoms. The normalized spacial score (nSPS) is 11.1. The standard InChI is InChI=1S/C25H28N4O2/c1-3-16-31-23-9-5-4-8-22(23)18-28-25(26-2)27-17-20-11-13-21(14-12-20)19-29-15-7-6-10-24(29)30/h3-15H,1,16-19H2,2H3,(H2,26,27,28). The van der Waals surface area contributed by atoms with Gasteiger partial charge in [0.25, 0.3) is 5.56 Å².